The van der Waals surface area contributed by atoms with Crippen LogP contribution in [0.1, 0.15) is 25.5 Å². The molecule has 5 N–H and O–H groups in total. The highest BCUT2D eigenvalue weighted by atomic mass is 16.7. The Balaban J connectivity index is 1.58. The molecule has 1 aromatic heterocycles. The second kappa shape index (κ2) is 7.57. The van der Waals surface area contributed by atoms with Gasteiger partial charge in [0.2, 0.25) is 0 Å². The van der Waals surface area contributed by atoms with Crippen molar-refractivity contribution in [1.29, 1.82) is 0 Å². The molecule has 0 radical (unpaired) electrons. The molecule has 10 nitrogen and oxygen atoms in total. The summed E-state index contributed by atoms with van der Waals surface area (Å²) in [4.78, 5) is 11.5. The maximum absolute atomic E-state index is 11.5. The van der Waals surface area contributed by atoms with E-state index in [1.165, 1.54) is 12.1 Å². The lowest BCUT2D eigenvalue weighted by atomic mass is 9.93. The Kier molecular flexibility index (Phi) is 5.35. The molecule has 1 saturated heterocycles. The quantitative estimate of drug-likeness (QED) is 0.393. The van der Waals surface area contributed by atoms with Gasteiger partial charge >= 0.3 is 5.63 Å². The third kappa shape index (κ3) is 3.50. The lowest BCUT2D eigenvalue weighted by molar-refractivity contribution is -0.332. The standard InChI is InChI=1S/C20H24O10/c1-20(2,30-19-17(26)16(25)15(24)12(7-21)29-19)18-14(23)9-5-8-3-4-13(22)27-10(8)6-11(9)28-18/h3-6,12,14-19,21,23-26H,7H2,1-2H3/t12-,14-,15-,16+,17-,18+,19-/m1/s1. The highest BCUT2D eigenvalue weighted by Crippen LogP contribution is 2.44. The summed E-state index contributed by atoms with van der Waals surface area (Å²) in [5.41, 5.74) is -0.962. The second-order valence-electron chi connectivity index (χ2n) is 8.08. The van der Waals surface area contributed by atoms with Crippen LogP contribution in [0.4, 0.5) is 0 Å². The fraction of sp³-hybridized carbons (Fsp3) is 0.550. The molecule has 4 rings (SSSR count). The lowest BCUT2D eigenvalue weighted by Crippen LogP contribution is -2.61. The monoisotopic (exact) mass is 424 g/mol. The number of hydrogen-bond donors (Lipinski definition) is 5. The summed E-state index contributed by atoms with van der Waals surface area (Å²) in [7, 11) is 0. The first-order valence-electron chi connectivity index (χ1n) is 9.53. The molecule has 0 bridgehead atoms. The average Bonchev–Trinajstić information content (AvgIpc) is 3.03. The summed E-state index contributed by atoms with van der Waals surface area (Å²) < 4.78 is 22.2. The van der Waals surface area contributed by atoms with E-state index in [9.17, 15) is 30.3 Å². The highest BCUT2D eigenvalue weighted by Gasteiger charge is 2.50. The number of aliphatic hydroxyl groups is 5. The molecule has 2 aliphatic heterocycles. The van der Waals surface area contributed by atoms with Gasteiger partial charge in [-0.15, -0.1) is 0 Å². The molecule has 7 atom stereocenters. The van der Waals surface area contributed by atoms with Gasteiger partial charge in [0.05, 0.1) is 6.61 Å². The number of ether oxygens (including phenoxy) is 3. The molecule has 1 aromatic carbocycles. The third-order valence-electron chi connectivity index (χ3n) is 5.56. The number of rotatable bonds is 4. The summed E-state index contributed by atoms with van der Waals surface area (Å²) in [5.74, 6) is 0.319. The number of benzene rings is 1. The molecule has 0 unspecified atom stereocenters. The Bertz CT molecular complexity index is 983. The van der Waals surface area contributed by atoms with Crippen molar-refractivity contribution in [1.82, 2.24) is 0 Å². The average molecular weight is 424 g/mol. The van der Waals surface area contributed by atoms with E-state index < -0.39 is 60.7 Å². The van der Waals surface area contributed by atoms with Gasteiger partial charge in [0.15, 0.2) is 12.4 Å². The minimum atomic E-state index is -1.59. The first-order chi connectivity index (χ1) is 14.1. The van der Waals surface area contributed by atoms with Gasteiger partial charge in [-0.1, -0.05) is 0 Å². The van der Waals surface area contributed by atoms with Gasteiger partial charge in [-0.3, -0.25) is 0 Å². The molecule has 2 aromatic rings. The highest BCUT2D eigenvalue weighted by molar-refractivity contribution is 5.80. The molecule has 10 heteroatoms. The van der Waals surface area contributed by atoms with E-state index in [4.69, 9.17) is 18.6 Å². The van der Waals surface area contributed by atoms with Crippen molar-refractivity contribution in [3.8, 4) is 5.75 Å². The van der Waals surface area contributed by atoms with Gasteiger partial charge < -0.3 is 44.2 Å². The van der Waals surface area contributed by atoms with Gasteiger partial charge in [-0.2, -0.15) is 0 Å². The fourth-order valence-electron chi connectivity index (χ4n) is 3.87. The van der Waals surface area contributed by atoms with E-state index in [2.05, 4.69) is 0 Å². The molecule has 0 aliphatic carbocycles. The summed E-state index contributed by atoms with van der Waals surface area (Å²) >= 11 is 0. The van der Waals surface area contributed by atoms with Crippen LogP contribution in [-0.2, 0) is 9.47 Å². The van der Waals surface area contributed by atoms with Crippen LogP contribution in [0.25, 0.3) is 11.0 Å². The van der Waals surface area contributed by atoms with Crippen molar-refractivity contribution in [2.24, 2.45) is 0 Å². The van der Waals surface area contributed by atoms with Crippen molar-refractivity contribution in [2.45, 2.75) is 62.4 Å². The first-order valence-corrected chi connectivity index (χ1v) is 9.53. The molecule has 30 heavy (non-hydrogen) atoms. The van der Waals surface area contributed by atoms with Gasteiger partial charge in [0.25, 0.3) is 0 Å². The Morgan fingerprint density at radius 2 is 1.80 bits per heavy atom. The second-order valence-corrected chi connectivity index (χ2v) is 8.08. The van der Waals surface area contributed by atoms with Crippen molar-refractivity contribution in [3.05, 3.63) is 40.2 Å². The van der Waals surface area contributed by atoms with Crippen LogP contribution in [0, 0.1) is 0 Å². The SMILES string of the molecule is CC(C)(O[C@H]1O[C@H](CO)[C@@H](O)[C@H](O)[C@H]1O)[C@H]1Oc2cc3oc(=O)ccc3cc2[C@H]1O. The summed E-state index contributed by atoms with van der Waals surface area (Å²) in [6.07, 6.45) is -9.21. The molecule has 3 heterocycles. The lowest BCUT2D eigenvalue weighted by Gasteiger charge is -2.44. The maximum Gasteiger partial charge on any atom is 0.336 e. The number of fused-ring (bicyclic) bond motifs is 2. The largest absolute Gasteiger partial charge is 0.484 e. The van der Waals surface area contributed by atoms with Crippen LogP contribution in [0.2, 0.25) is 0 Å². The van der Waals surface area contributed by atoms with Crippen LogP contribution < -0.4 is 10.4 Å². The van der Waals surface area contributed by atoms with E-state index in [0.717, 1.165) is 0 Å². The van der Waals surface area contributed by atoms with Crippen LogP contribution in [-0.4, -0.2) is 74.6 Å². The first kappa shape index (κ1) is 21.2. The van der Waals surface area contributed by atoms with E-state index in [1.807, 2.05) is 0 Å². The molecular formula is C20H24O10. The minimum absolute atomic E-state index is 0.307. The zero-order chi connectivity index (χ0) is 21.8. The Morgan fingerprint density at radius 3 is 2.50 bits per heavy atom. The van der Waals surface area contributed by atoms with Gasteiger partial charge in [0.1, 0.15) is 47.5 Å². The number of aliphatic hydroxyl groups excluding tert-OH is 5. The zero-order valence-electron chi connectivity index (χ0n) is 16.3. The van der Waals surface area contributed by atoms with E-state index in [-0.39, 0.29) is 0 Å². The Labute approximate surface area is 170 Å². The van der Waals surface area contributed by atoms with Crippen LogP contribution in [0.15, 0.2) is 33.5 Å². The summed E-state index contributed by atoms with van der Waals surface area (Å²) in [6.45, 7) is 2.62. The predicted molar refractivity (Wildman–Crippen MR) is 101 cm³/mol. The Hall–Kier alpha value is -2.05. The summed E-state index contributed by atoms with van der Waals surface area (Å²) in [5, 5.41) is 50.9. The van der Waals surface area contributed by atoms with Crippen molar-refractivity contribution in [2.75, 3.05) is 6.61 Å². The third-order valence-corrected chi connectivity index (χ3v) is 5.56. The molecular weight excluding hydrogens is 400 g/mol. The van der Waals surface area contributed by atoms with E-state index in [1.54, 1.807) is 26.0 Å². The molecule has 0 spiro atoms. The van der Waals surface area contributed by atoms with Crippen LogP contribution in [0.3, 0.4) is 0 Å². The minimum Gasteiger partial charge on any atom is -0.484 e. The number of hydrogen-bond acceptors (Lipinski definition) is 10. The van der Waals surface area contributed by atoms with Crippen molar-refractivity contribution in [3.63, 3.8) is 0 Å². The molecule has 2 aliphatic rings. The summed E-state index contributed by atoms with van der Waals surface area (Å²) in [6, 6.07) is 6.03. The zero-order valence-corrected chi connectivity index (χ0v) is 16.3. The van der Waals surface area contributed by atoms with Gasteiger partial charge in [-0.05, 0) is 26.0 Å². The molecule has 0 saturated carbocycles. The normalized spacial score (nSPS) is 34.0. The molecule has 1 fully saturated rings. The van der Waals surface area contributed by atoms with Crippen molar-refractivity contribution < 1.29 is 44.2 Å². The molecule has 0 amide bonds. The van der Waals surface area contributed by atoms with Crippen LogP contribution >= 0.6 is 0 Å². The van der Waals surface area contributed by atoms with E-state index >= 15 is 0 Å². The van der Waals surface area contributed by atoms with Gasteiger partial charge in [0, 0.05) is 23.1 Å². The molecule has 164 valence electrons. The topological polar surface area (TPSA) is 159 Å². The fourth-order valence-corrected chi connectivity index (χ4v) is 3.87. The maximum atomic E-state index is 11.5. The smallest absolute Gasteiger partial charge is 0.336 e. The van der Waals surface area contributed by atoms with E-state index in [0.29, 0.717) is 22.3 Å². The predicted octanol–water partition coefficient (Wildman–Crippen LogP) is -0.818. The Morgan fingerprint density at radius 1 is 1.07 bits per heavy atom. The van der Waals surface area contributed by atoms with Crippen LogP contribution in [0.5, 0.6) is 5.75 Å². The van der Waals surface area contributed by atoms with Crippen molar-refractivity contribution >= 4 is 11.0 Å². The van der Waals surface area contributed by atoms with Gasteiger partial charge in [-0.25, -0.2) is 4.79 Å².